The summed E-state index contributed by atoms with van der Waals surface area (Å²) in [6.45, 7) is 5.12. The Morgan fingerprint density at radius 2 is 1.89 bits per heavy atom. The molecule has 1 aliphatic heterocycles. The minimum Gasteiger partial charge on any atom is -0.492 e. The molecule has 0 spiro atoms. The van der Waals surface area contributed by atoms with Crippen LogP contribution in [0.25, 0.3) is 9.40 Å². The molecule has 1 saturated heterocycles. The van der Waals surface area contributed by atoms with Gasteiger partial charge in [0.1, 0.15) is 12.4 Å². The van der Waals surface area contributed by atoms with E-state index in [2.05, 4.69) is 16.3 Å². The summed E-state index contributed by atoms with van der Waals surface area (Å²) in [4.78, 5) is 18.1. The highest BCUT2D eigenvalue weighted by atomic mass is 35.5. The molecule has 0 saturated carbocycles. The number of carbonyl (C=O) groups is 1. The van der Waals surface area contributed by atoms with Crippen LogP contribution in [0.5, 0.6) is 5.75 Å². The van der Waals surface area contributed by atoms with Crippen LogP contribution in [0.15, 0.2) is 47.8 Å². The van der Waals surface area contributed by atoms with Gasteiger partial charge in [-0.05, 0) is 36.1 Å². The number of thiophene rings is 2. The average molecular weight is 423 g/mol. The summed E-state index contributed by atoms with van der Waals surface area (Å²) in [6.07, 6.45) is 1.01. The Morgan fingerprint density at radius 3 is 2.70 bits per heavy atom. The third kappa shape index (κ3) is 5.02. The Balaban J connectivity index is 0.00000210. The van der Waals surface area contributed by atoms with Gasteiger partial charge in [-0.3, -0.25) is 9.69 Å². The highest BCUT2D eigenvalue weighted by Crippen LogP contribution is 2.30. The number of fused-ring (bicyclic) bond motifs is 1. The summed E-state index contributed by atoms with van der Waals surface area (Å²) in [5.41, 5.74) is 0. The molecule has 4 nitrogen and oxygen atoms in total. The number of carbonyl (C=O) groups excluding carboxylic acids is 1. The van der Waals surface area contributed by atoms with E-state index in [0.717, 1.165) is 49.8 Å². The number of hydrogen-bond donors (Lipinski definition) is 0. The number of rotatable bonds is 5. The molecule has 0 unspecified atom stereocenters. The second-order valence-corrected chi connectivity index (χ2v) is 8.44. The summed E-state index contributed by atoms with van der Waals surface area (Å²) in [5.74, 6) is 1.09. The van der Waals surface area contributed by atoms with E-state index < -0.39 is 0 Å². The molecule has 3 aromatic rings. The molecule has 0 aliphatic carbocycles. The number of amides is 1. The Morgan fingerprint density at radius 1 is 1.04 bits per heavy atom. The molecule has 3 heterocycles. The predicted octanol–water partition coefficient (Wildman–Crippen LogP) is 4.61. The molecule has 4 rings (SSSR count). The van der Waals surface area contributed by atoms with Crippen molar-refractivity contribution in [2.45, 2.75) is 6.42 Å². The van der Waals surface area contributed by atoms with Crippen LogP contribution in [0.1, 0.15) is 16.1 Å². The molecule has 1 aromatic carbocycles. The van der Waals surface area contributed by atoms with E-state index in [1.165, 1.54) is 9.40 Å². The van der Waals surface area contributed by atoms with Gasteiger partial charge in [-0.1, -0.05) is 18.2 Å². The first-order valence-electron chi connectivity index (χ1n) is 8.96. The third-order valence-electron chi connectivity index (χ3n) is 4.65. The van der Waals surface area contributed by atoms with Crippen molar-refractivity contribution < 1.29 is 9.53 Å². The van der Waals surface area contributed by atoms with Crippen LogP contribution in [-0.2, 0) is 0 Å². The maximum atomic E-state index is 12.8. The van der Waals surface area contributed by atoms with E-state index in [4.69, 9.17) is 4.74 Å². The second-order valence-electron chi connectivity index (χ2n) is 6.41. The van der Waals surface area contributed by atoms with Gasteiger partial charge >= 0.3 is 0 Å². The smallest absolute Gasteiger partial charge is 0.264 e. The van der Waals surface area contributed by atoms with Gasteiger partial charge in [-0.2, -0.15) is 0 Å². The fourth-order valence-electron chi connectivity index (χ4n) is 3.23. The van der Waals surface area contributed by atoms with Crippen molar-refractivity contribution in [3.63, 3.8) is 0 Å². The third-order valence-corrected chi connectivity index (χ3v) is 6.73. The van der Waals surface area contributed by atoms with Crippen LogP contribution < -0.4 is 4.74 Å². The van der Waals surface area contributed by atoms with Gasteiger partial charge in [-0.15, -0.1) is 35.1 Å². The van der Waals surface area contributed by atoms with Crippen molar-refractivity contribution in [1.82, 2.24) is 9.80 Å². The topological polar surface area (TPSA) is 32.8 Å². The Hall–Kier alpha value is -1.60. The molecule has 1 amide bonds. The maximum absolute atomic E-state index is 12.8. The molecular formula is C20H23ClN2O2S2. The summed E-state index contributed by atoms with van der Waals surface area (Å²) >= 11 is 3.31. The first-order valence-corrected chi connectivity index (χ1v) is 10.7. The minimum atomic E-state index is 0. The van der Waals surface area contributed by atoms with Gasteiger partial charge in [0.05, 0.1) is 4.88 Å². The zero-order valence-corrected chi connectivity index (χ0v) is 17.5. The number of hydrogen-bond acceptors (Lipinski definition) is 5. The lowest BCUT2D eigenvalue weighted by Gasteiger charge is -2.21. The lowest BCUT2D eigenvalue weighted by atomic mass is 10.3. The first-order chi connectivity index (χ1) is 12.8. The standard InChI is InChI=1S/C20H22N2O2S2.ClH/c23-20(19-15-18-17(26-19)7-14-25-18)22-9-4-8-21(10-11-22)12-13-24-16-5-2-1-3-6-16;/h1-3,5-7,14-15H,4,8-13H2;1H. The van der Waals surface area contributed by atoms with Crippen molar-refractivity contribution in [2.75, 3.05) is 39.3 Å². The molecule has 0 bridgehead atoms. The van der Waals surface area contributed by atoms with E-state index in [9.17, 15) is 4.79 Å². The van der Waals surface area contributed by atoms with E-state index in [-0.39, 0.29) is 18.3 Å². The van der Waals surface area contributed by atoms with Gasteiger partial charge in [-0.25, -0.2) is 0 Å². The van der Waals surface area contributed by atoms with Crippen molar-refractivity contribution in [3.8, 4) is 5.75 Å². The molecule has 0 radical (unpaired) electrons. The molecule has 144 valence electrons. The fourth-order valence-corrected chi connectivity index (χ4v) is 5.31. The molecule has 7 heteroatoms. The second kappa shape index (κ2) is 9.55. The molecule has 1 fully saturated rings. The molecule has 0 atom stereocenters. The van der Waals surface area contributed by atoms with Crippen molar-refractivity contribution in [3.05, 3.63) is 52.7 Å². The van der Waals surface area contributed by atoms with Crippen LogP contribution in [-0.4, -0.2) is 55.0 Å². The zero-order chi connectivity index (χ0) is 17.8. The van der Waals surface area contributed by atoms with Gasteiger partial charge in [0.15, 0.2) is 0 Å². The van der Waals surface area contributed by atoms with Crippen molar-refractivity contribution >= 4 is 50.4 Å². The molecule has 27 heavy (non-hydrogen) atoms. The molecular weight excluding hydrogens is 400 g/mol. The van der Waals surface area contributed by atoms with Gasteiger partial charge in [0.25, 0.3) is 5.91 Å². The van der Waals surface area contributed by atoms with Crippen LogP contribution in [0.4, 0.5) is 0 Å². The Bertz CT molecular complexity index is 837. The highest BCUT2D eigenvalue weighted by molar-refractivity contribution is 7.27. The van der Waals surface area contributed by atoms with E-state index >= 15 is 0 Å². The Kier molecular flexibility index (Phi) is 7.13. The average Bonchev–Trinajstić information content (AvgIpc) is 3.18. The number of halogens is 1. The number of nitrogens with zero attached hydrogens (tertiary/aromatic N) is 2. The van der Waals surface area contributed by atoms with E-state index in [1.54, 1.807) is 22.7 Å². The van der Waals surface area contributed by atoms with Crippen LogP contribution in [0.3, 0.4) is 0 Å². The molecule has 1 aliphatic rings. The van der Waals surface area contributed by atoms with Crippen LogP contribution in [0.2, 0.25) is 0 Å². The lowest BCUT2D eigenvalue weighted by Crippen LogP contribution is -2.36. The van der Waals surface area contributed by atoms with Crippen molar-refractivity contribution in [1.29, 1.82) is 0 Å². The number of ether oxygens (including phenoxy) is 1. The first kappa shape index (κ1) is 20.1. The van der Waals surface area contributed by atoms with Crippen molar-refractivity contribution in [2.24, 2.45) is 0 Å². The monoisotopic (exact) mass is 422 g/mol. The van der Waals surface area contributed by atoms with Crippen LogP contribution >= 0.6 is 35.1 Å². The van der Waals surface area contributed by atoms with E-state index in [0.29, 0.717) is 6.61 Å². The number of benzene rings is 1. The summed E-state index contributed by atoms with van der Waals surface area (Å²) in [5, 5.41) is 2.08. The summed E-state index contributed by atoms with van der Waals surface area (Å²) in [7, 11) is 0. The lowest BCUT2D eigenvalue weighted by molar-refractivity contribution is 0.0765. The van der Waals surface area contributed by atoms with Gasteiger partial charge < -0.3 is 9.64 Å². The van der Waals surface area contributed by atoms with E-state index in [1.807, 2.05) is 41.3 Å². The maximum Gasteiger partial charge on any atom is 0.264 e. The zero-order valence-electron chi connectivity index (χ0n) is 15.0. The van der Waals surface area contributed by atoms with Gasteiger partial charge in [0, 0.05) is 42.1 Å². The quantitative estimate of drug-likeness (QED) is 0.601. The summed E-state index contributed by atoms with van der Waals surface area (Å²) < 4.78 is 8.23. The summed E-state index contributed by atoms with van der Waals surface area (Å²) in [6, 6.07) is 14.1. The largest absolute Gasteiger partial charge is 0.492 e. The predicted molar refractivity (Wildman–Crippen MR) is 116 cm³/mol. The fraction of sp³-hybridized carbons (Fsp3) is 0.350. The van der Waals surface area contributed by atoms with Gasteiger partial charge in [0.2, 0.25) is 0 Å². The highest BCUT2D eigenvalue weighted by Gasteiger charge is 2.22. The molecule has 0 N–H and O–H groups in total. The normalized spacial score (nSPS) is 15.3. The van der Waals surface area contributed by atoms with Crippen LogP contribution in [0, 0.1) is 0 Å². The minimum absolute atomic E-state index is 0. The Labute approximate surface area is 173 Å². The molecule has 2 aromatic heterocycles. The number of para-hydroxylation sites is 1. The SMILES string of the molecule is Cl.O=C(c1cc2sccc2s1)N1CCCN(CCOc2ccccc2)CC1.